The minimum atomic E-state index is -4.85. The van der Waals surface area contributed by atoms with Crippen molar-refractivity contribution in [1.29, 1.82) is 0 Å². The highest BCUT2D eigenvalue weighted by molar-refractivity contribution is 5.96. The van der Waals surface area contributed by atoms with Gasteiger partial charge in [0.25, 0.3) is 5.91 Å². The number of fused-ring (bicyclic) bond motifs is 2. The van der Waals surface area contributed by atoms with Gasteiger partial charge in [-0.1, -0.05) is 17.3 Å². The molecular formula is C25H18F4N6O3. The van der Waals surface area contributed by atoms with Gasteiger partial charge < -0.3 is 5.11 Å². The van der Waals surface area contributed by atoms with E-state index in [4.69, 9.17) is 5.11 Å². The van der Waals surface area contributed by atoms with Crippen LogP contribution in [0.1, 0.15) is 21.5 Å². The molecule has 0 aliphatic carbocycles. The average molecular weight is 526 g/mol. The summed E-state index contributed by atoms with van der Waals surface area (Å²) in [5.74, 6) is -1.61. The van der Waals surface area contributed by atoms with E-state index in [-0.39, 0.29) is 30.1 Å². The first kappa shape index (κ1) is 25.2. The molecule has 2 N–H and O–H groups in total. The van der Waals surface area contributed by atoms with E-state index in [1.807, 2.05) is 5.48 Å². The third kappa shape index (κ3) is 5.01. The number of nitrogens with one attached hydrogen (secondary N) is 1. The third-order valence-electron chi connectivity index (χ3n) is 5.67. The molecular weight excluding hydrogens is 508 g/mol. The van der Waals surface area contributed by atoms with Gasteiger partial charge in [-0.25, -0.2) is 19.5 Å². The van der Waals surface area contributed by atoms with Crippen LogP contribution in [-0.2, 0) is 17.6 Å². The molecule has 3 aromatic heterocycles. The number of hydrogen-bond donors (Lipinski definition) is 2. The zero-order chi connectivity index (χ0) is 26.9. The zero-order valence-corrected chi connectivity index (χ0v) is 19.4. The fourth-order valence-corrected chi connectivity index (χ4v) is 3.90. The first-order valence-corrected chi connectivity index (χ1v) is 11.2. The van der Waals surface area contributed by atoms with Crippen molar-refractivity contribution in [1.82, 2.24) is 30.4 Å². The molecule has 3 heterocycles. The number of carbonyl (C=O) groups is 1. The number of nitrogens with zero attached hydrogens (tertiary/aromatic N) is 5. The second-order valence-electron chi connectivity index (χ2n) is 8.19. The maximum Gasteiger partial charge on any atom is 0.417 e. The Morgan fingerprint density at radius 2 is 1.92 bits per heavy atom. The Balaban J connectivity index is 1.50. The lowest BCUT2D eigenvalue weighted by atomic mass is 10.0. The lowest BCUT2D eigenvalue weighted by Crippen LogP contribution is -2.27. The molecule has 38 heavy (non-hydrogen) atoms. The summed E-state index contributed by atoms with van der Waals surface area (Å²) in [7, 11) is 0. The maximum atomic E-state index is 14.7. The van der Waals surface area contributed by atoms with E-state index < -0.39 is 35.6 Å². The van der Waals surface area contributed by atoms with Gasteiger partial charge in [0.1, 0.15) is 11.3 Å². The number of aromatic nitrogens is 5. The second-order valence-corrected chi connectivity index (χ2v) is 8.19. The first-order valence-electron chi connectivity index (χ1n) is 11.2. The number of rotatable bonds is 7. The van der Waals surface area contributed by atoms with Crippen LogP contribution in [0.25, 0.3) is 33.3 Å². The van der Waals surface area contributed by atoms with E-state index >= 15 is 0 Å². The van der Waals surface area contributed by atoms with Crippen LogP contribution in [0.3, 0.4) is 0 Å². The summed E-state index contributed by atoms with van der Waals surface area (Å²) in [5.41, 5.74) is 1.67. The largest absolute Gasteiger partial charge is 0.417 e. The van der Waals surface area contributed by atoms with Gasteiger partial charge in [-0.3, -0.25) is 14.6 Å². The Hall–Kier alpha value is -4.49. The highest BCUT2D eigenvalue weighted by atomic mass is 19.4. The highest BCUT2D eigenvalue weighted by Gasteiger charge is 2.36. The lowest BCUT2D eigenvalue weighted by molar-refractivity contribution is -0.138. The molecule has 0 saturated heterocycles. The van der Waals surface area contributed by atoms with Gasteiger partial charge in [-0.15, -0.1) is 5.10 Å². The first-order chi connectivity index (χ1) is 18.2. The maximum absolute atomic E-state index is 14.7. The SMILES string of the molecule is O=C(NOCCO)c1ccc(-c2ccc3nnn(Cc4cc5cccnc5cc4F)c3n2)cc1C(F)(F)F. The Bertz CT molecular complexity index is 1650. The van der Waals surface area contributed by atoms with Crippen molar-refractivity contribution in [3.05, 3.63) is 83.3 Å². The van der Waals surface area contributed by atoms with Crippen molar-refractivity contribution < 1.29 is 32.3 Å². The standard InChI is InChI=1S/C25H18F4N6O3/c26-19-12-22-14(2-1-7-30-22)10-16(19)13-35-23-21(32-34-35)6-5-20(31-23)15-3-4-17(18(11-15)25(27,28)29)24(37)33-38-9-8-36/h1-7,10-12,36H,8-9,13H2,(H,33,37). The molecule has 194 valence electrons. The van der Waals surface area contributed by atoms with E-state index in [1.54, 1.807) is 30.5 Å². The Labute approximate surface area is 211 Å². The molecule has 0 unspecified atom stereocenters. The summed E-state index contributed by atoms with van der Waals surface area (Å²) >= 11 is 0. The van der Waals surface area contributed by atoms with Gasteiger partial charge in [0, 0.05) is 28.8 Å². The topological polar surface area (TPSA) is 115 Å². The van der Waals surface area contributed by atoms with Crippen LogP contribution < -0.4 is 5.48 Å². The van der Waals surface area contributed by atoms with Crippen molar-refractivity contribution in [2.45, 2.75) is 12.7 Å². The van der Waals surface area contributed by atoms with Crippen molar-refractivity contribution in [2.24, 2.45) is 0 Å². The van der Waals surface area contributed by atoms with Gasteiger partial charge in [0.05, 0.1) is 42.1 Å². The molecule has 13 heteroatoms. The number of amides is 1. The number of benzene rings is 2. The normalized spacial score (nSPS) is 11.8. The number of hydroxylamine groups is 1. The van der Waals surface area contributed by atoms with E-state index in [2.05, 4.69) is 25.1 Å². The number of carbonyl (C=O) groups excluding carboxylic acids is 1. The van der Waals surface area contributed by atoms with Crippen molar-refractivity contribution in [2.75, 3.05) is 13.2 Å². The van der Waals surface area contributed by atoms with Crippen LogP contribution in [0.15, 0.2) is 60.8 Å². The molecule has 0 fully saturated rings. The molecule has 1 amide bonds. The van der Waals surface area contributed by atoms with Crippen molar-refractivity contribution in [3.63, 3.8) is 0 Å². The fraction of sp³-hybridized carbons (Fsp3) is 0.160. The molecule has 0 spiro atoms. The summed E-state index contributed by atoms with van der Waals surface area (Å²) in [4.78, 5) is 25.4. The van der Waals surface area contributed by atoms with Crippen LogP contribution in [0.4, 0.5) is 17.6 Å². The van der Waals surface area contributed by atoms with Crippen LogP contribution in [-0.4, -0.2) is 49.2 Å². The van der Waals surface area contributed by atoms with Gasteiger partial charge in [0.15, 0.2) is 5.65 Å². The minimum Gasteiger partial charge on any atom is -0.394 e. The average Bonchev–Trinajstić information content (AvgIpc) is 3.30. The molecule has 0 radical (unpaired) electrons. The quantitative estimate of drug-likeness (QED) is 0.188. The van der Waals surface area contributed by atoms with Crippen LogP contribution in [0.5, 0.6) is 0 Å². The number of aliphatic hydroxyl groups is 1. The van der Waals surface area contributed by atoms with Crippen molar-refractivity contribution in [3.8, 4) is 11.3 Å². The molecule has 0 atom stereocenters. The fourth-order valence-electron chi connectivity index (χ4n) is 3.90. The summed E-state index contributed by atoms with van der Waals surface area (Å²) in [6.45, 7) is -0.725. The summed E-state index contributed by atoms with van der Waals surface area (Å²) in [6, 6.07) is 12.6. The Morgan fingerprint density at radius 1 is 1.08 bits per heavy atom. The summed E-state index contributed by atoms with van der Waals surface area (Å²) in [5, 5.41) is 17.5. The summed E-state index contributed by atoms with van der Waals surface area (Å²) < 4.78 is 57.5. The summed E-state index contributed by atoms with van der Waals surface area (Å²) in [6.07, 6.45) is -3.29. The van der Waals surface area contributed by atoms with E-state index in [0.29, 0.717) is 16.6 Å². The van der Waals surface area contributed by atoms with Gasteiger partial charge in [-0.05, 0) is 36.4 Å². The molecule has 0 aliphatic heterocycles. The molecule has 0 bridgehead atoms. The molecule has 0 saturated carbocycles. The molecule has 0 aliphatic rings. The number of alkyl halides is 3. The zero-order valence-electron chi connectivity index (χ0n) is 19.4. The monoisotopic (exact) mass is 526 g/mol. The lowest BCUT2D eigenvalue weighted by Gasteiger charge is -2.14. The van der Waals surface area contributed by atoms with Crippen LogP contribution in [0, 0.1) is 5.82 Å². The molecule has 9 nitrogen and oxygen atoms in total. The number of pyridine rings is 2. The van der Waals surface area contributed by atoms with Gasteiger partial charge >= 0.3 is 6.18 Å². The molecule has 5 rings (SSSR count). The minimum absolute atomic E-state index is 0.0234. The predicted molar refractivity (Wildman–Crippen MR) is 127 cm³/mol. The van der Waals surface area contributed by atoms with Crippen molar-refractivity contribution >= 4 is 28.0 Å². The predicted octanol–water partition coefficient (Wildman–Crippen LogP) is 3.90. The smallest absolute Gasteiger partial charge is 0.394 e. The highest BCUT2D eigenvalue weighted by Crippen LogP contribution is 2.35. The Morgan fingerprint density at radius 3 is 2.71 bits per heavy atom. The van der Waals surface area contributed by atoms with E-state index in [9.17, 15) is 22.4 Å². The van der Waals surface area contributed by atoms with Crippen LogP contribution >= 0.6 is 0 Å². The van der Waals surface area contributed by atoms with Crippen LogP contribution in [0.2, 0.25) is 0 Å². The molecule has 2 aromatic carbocycles. The van der Waals surface area contributed by atoms with E-state index in [1.165, 1.54) is 22.9 Å². The van der Waals surface area contributed by atoms with Gasteiger partial charge in [-0.2, -0.15) is 13.2 Å². The third-order valence-corrected chi connectivity index (χ3v) is 5.67. The molecule has 5 aromatic rings. The van der Waals surface area contributed by atoms with Gasteiger partial charge in [0.2, 0.25) is 0 Å². The Kier molecular flexibility index (Phi) is 6.70. The second kappa shape index (κ2) is 10.1. The number of halogens is 4. The number of hydrogen-bond acceptors (Lipinski definition) is 7. The van der Waals surface area contributed by atoms with E-state index in [0.717, 1.165) is 17.5 Å². The number of aliphatic hydroxyl groups excluding tert-OH is 1.